The normalized spacial score (nSPS) is 11.6. The Hall–Kier alpha value is -2.99. The molecule has 0 radical (unpaired) electrons. The Labute approximate surface area is 184 Å². The fourth-order valence-corrected chi connectivity index (χ4v) is 3.58. The molecule has 0 spiro atoms. The summed E-state index contributed by atoms with van der Waals surface area (Å²) < 4.78 is 63.3. The van der Waals surface area contributed by atoms with Crippen LogP contribution in [0.4, 0.5) is 14.5 Å². The number of halogens is 2. The number of alkyl halides is 2. The van der Waals surface area contributed by atoms with Crippen LogP contribution >= 0.6 is 0 Å². The molecular weight excluding hydrogens is 450 g/mol. The van der Waals surface area contributed by atoms with Crippen LogP contribution in [0, 0.1) is 10.1 Å². The summed E-state index contributed by atoms with van der Waals surface area (Å²) in [6.45, 7) is -2.19. The number of nitro groups is 1. The number of rotatable bonds is 12. The lowest BCUT2D eigenvalue weighted by Gasteiger charge is -2.18. The highest BCUT2D eigenvalue weighted by Gasteiger charge is 2.22. The van der Waals surface area contributed by atoms with Crippen LogP contribution in [0.5, 0.6) is 17.2 Å². The van der Waals surface area contributed by atoms with Crippen molar-refractivity contribution in [3.63, 3.8) is 0 Å². The van der Waals surface area contributed by atoms with Gasteiger partial charge in [-0.2, -0.15) is 8.78 Å². The van der Waals surface area contributed by atoms with Crippen molar-refractivity contribution in [2.45, 2.75) is 24.5 Å². The van der Waals surface area contributed by atoms with Gasteiger partial charge in [0.1, 0.15) is 5.75 Å². The van der Waals surface area contributed by atoms with E-state index in [9.17, 15) is 27.3 Å². The quantitative estimate of drug-likeness (QED) is 0.261. The van der Waals surface area contributed by atoms with Crippen LogP contribution in [0.2, 0.25) is 0 Å². The summed E-state index contributed by atoms with van der Waals surface area (Å²) in [4.78, 5) is 12.7. The zero-order valence-corrected chi connectivity index (χ0v) is 18.6. The molecule has 32 heavy (non-hydrogen) atoms. The molecule has 176 valence electrons. The minimum Gasteiger partial charge on any atom is -0.494 e. The van der Waals surface area contributed by atoms with Crippen molar-refractivity contribution < 1.29 is 36.3 Å². The molecule has 0 amide bonds. The number of nitrogens with zero attached hydrogens (tertiary/aromatic N) is 2. The first-order valence-corrected chi connectivity index (χ1v) is 11.3. The molecule has 0 heterocycles. The molecule has 0 bridgehead atoms. The van der Waals surface area contributed by atoms with Gasteiger partial charge < -0.3 is 19.1 Å². The molecule has 0 saturated heterocycles. The smallest absolute Gasteiger partial charge is 0.387 e. The summed E-state index contributed by atoms with van der Waals surface area (Å²) >= 11 is 0. The predicted molar refractivity (Wildman–Crippen MR) is 112 cm³/mol. The van der Waals surface area contributed by atoms with Crippen LogP contribution < -0.4 is 14.2 Å². The first-order chi connectivity index (χ1) is 15.0. The molecule has 2 aromatic rings. The van der Waals surface area contributed by atoms with E-state index < -0.39 is 27.1 Å². The van der Waals surface area contributed by atoms with Gasteiger partial charge >= 0.3 is 6.61 Å². The average molecular weight is 474 g/mol. The number of ether oxygens (including phenoxy) is 3. The zero-order valence-electron chi connectivity index (χ0n) is 17.8. The highest BCUT2D eigenvalue weighted by atomic mass is 32.2. The van der Waals surface area contributed by atoms with E-state index in [-0.39, 0.29) is 28.4 Å². The van der Waals surface area contributed by atoms with Crippen LogP contribution in [0.1, 0.15) is 12.0 Å². The standard InChI is InChI=1S/C20H24F2N2O7S/c1-23(8-5-9-30-15-6-4-7-16(11-15)32(3,27)28)13-14-10-18(29-2)19(31-20(21)22)12-17(14)24(25)26/h4,6-7,10-12,20H,5,8-9,13H2,1-3H3. The van der Waals surface area contributed by atoms with Crippen molar-refractivity contribution in [3.05, 3.63) is 52.1 Å². The summed E-state index contributed by atoms with van der Waals surface area (Å²) in [5.74, 6) is -0.0238. The van der Waals surface area contributed by atoms with Gasteiger partial charge in [-0.25, -0.2) is 8.42 Å². The third kappa shape index (κ3) is 7.31. The third-order valence-corrected chi connectivity index (χ3v) is 5.51. The van der Waals surface area contributed by atoms with Crippen LogP contribution in [0.3, 0.4) is 0 Å². The van der Waals surface area contributed by atoms with Gasteiger partial charge in [-0.1, -0.05) is 6.07 Å². The average Bonchev–Trinajstić information content (AvgIpc) is 2.71. The van der Waals surface area contributed by atoms with E-state index in [2.05, 4.69) is 4.74 Å². The van der Waals surface area contributed by atoms with E-state index >= 15 is 0 Å². The summed E-state index contributed by atoms with van der Waals surface area (Å²) in [5, 5.41) is 11.4. The maximum absolute atomic E-state index is 12.6. The van der Waals surface area contributed by atoms with E-state index in [1.54, 1.807) is 24.1 Å². The summed E-state index contributed by atoms with van der Waals surface area (Å²) in [7, 11) is -0.342. The number of benzene rings is 2. The molecule has 9 nitrogen and oxygen atoms in total. The van der Waals surface area contributed by atoms with Crippen molar-refractivity contribution >= 4 is 15.5 Å². The Morgan fingerprint density at radius 2 is 1.91 bits per heavy atom. The van der Waals surface area contributed by atoms with Crippen LogP contribution in [-0.2, 0) is 16.4 Å². The molecule has 0 N–H and O–H groups in total. The molecule has 0 unspecified atom stereocenters. The second-order valence-electron chi connectivity index (χ2n) is 6.95. The van der Waals surface area contributed by atoms with Crippen LogP contribution in [-0.4, -0.2) is 58.4 Å². The lowest BCUT2D eigenvalue weighted by atomic mass is 10.1. The first-order valence-electron chi connectivity index (χ1n) is 9.43. The Morgan fingerprint density at radius 1 is 1.19 bits per heavy atom. The van der Waals surface area contributed by atoms with Gasteiger partial charge in [0.05, 0.1) is 29.6 Å². The summed E-state index contributed by atoms with van der Waals surface area (Å²) in [5.41, 5.74) is -0.0834. The fraction of sp³-hybridized carbons (Fsp3) is 0.400. The Kier molecular flexibility index (Phi) is 8.72. The predicted octanol–water partition coefficient (Wildman–Crippen LogP) is 3.51. The van der Waals surface area contributed by atoms with E-state index in [1.807, 2.05) is 0 Å². The monoisotopic (exact) mass is 474 g/mol. The van der Waals surface area contributed by atoms with Crippen molar-refractivity contribution in [2.24, 2.45) is 0 Å². The molecule has 0 aliphatic rings. The molecule has 2 aromatic carbocycles. The van der Waals surface area contributed by atoms with Crippen LogP contribution in [0.15, 0.2) is 41.3 Å². The van der Waals surface area contributed by atoms with Gasteiger partial charge in [0, 0.05) is 24.9 Å². The molecule has 0 fully saturated rings. The van der Waals surface area contributed by atoms with Gasteiger partial charge in [0.2, 0.25) is 0 Å². The van der Waals surface area contributed by atoms with Gasteiger partial charge in [0.15, 0.2) is 21.3 Å². The zero-order chi connectivity index (χ0) is 23.9. The number of sulfone groups is 1. The van der Waals surface area contributed by atoms with Gasteiger partial charge in [-0.15, -0.1) is 0 Å². The van der Waals surface area contributed by atoms with Crippen LogP contribution in [0.25, 0.3) is 0 Å². The van der Waals surface area contributed by atoms with Crippen molar-refractivity contribution in [1.29, 1.82) is 0 Å². The van der Waals surface area contributed by atoms with Gasteiger partial charge in [-0.05, 0) is 37.7 Å². The molecule has 0 atom stereocenters. The van der Waals surface area contributed by atoms with Crippen molar-refractivity contribution in [3.8, 4) is 17.2 Å². The van der Waals surface area contributed by atoms with Crippen molar-refractivity contribution in [2.75, 3.05) is 33.6 Å². The number of hydrogen-bond acceptors (Lipinski definition) is 8. The third-order valence-electron chi connectivity index (χ3n) is 4.40. The minimum absolute atomic E-state index is 0.0339. The number of hydrogen-bond donors (Lipinski definition) is 0. The minimum atomic E-state index is -3.33. The van der Waals surface area contributed by atoms with Gasteiger partial charge in [-0.3, -0.25) is 10.1 Å². The Bertz CT molecular complexity index is 1050. The maximum atomic E-state index is 12.6. The molecule has 0 aliphatic carbocycles. The first kappa shape index (κ1) is 25.3. The Balaban J connectivity index is 1.99. The molecule has 2 rings (SSSR count). The lowest BCUT2D eigenvalue weighted by molar-refractivity contribution is -0.385. The highest BCUT2D eigenvalue weighted by Crippen LogP contribution is 2.36. The summed E-state index contributed by atoms with van der Waals surface area (Å²) in [6.07, 6.45) is 1.67. The van der Waals surface area contributed by atoms with E-state index in [1.165, 1.54) is 25.3 Å². The second kappa shape index (κ2) is 11.0. The molecule has 0 saturated carbocycles. The molecule has 0 aliphatic heterocycles. The second-order valence-corrected chi connectivity index (χ2v) is 8.97. The summed E-state index contributed by atoms with van der Waals surface area (Å²) in [6, 6.07) is 8.39. The number of nitro benzene ring substituents is 1. The highest BCUT2D eigenvalue weighted by molar-refractivity contribution is 7.90. The maximum Gasteiger partial charge on any atom is 0.387 e. The number of methoxy groups -OCH3 is 1. The molecule has 12 heteroatoms. The SMILES string of the molecule is COc1cc(CN(C)CCCOc2cccc(S(C)(=O)=O)c2)c([N+](=O)[O-])cc1OC(F)F. The van der Waals surface area contributed by atoms with Gasteiger partial charge in [0.25, 0.3) is 5.69 Å². The van der Waals surface area contributed by atoms with E-state index in [0.717, 1.165) is 12.3 Å². The molecule has 0 aromatic heterocycles. The largest absolute Gasteiger partial charge is 0.494 e. The van der Waals surface area contributed by atoms with E-state index in [4.69, 9.17) is 9.47 Å². The van der Waals surface area contributed by atoms with E-state index in [0.29, 0.717) is 25.3 Å². The lowest BCUT2D eigenvalue weighted by Crippen LogP contribution is -2.21. The fourth-order valence-electron chi connectivity index (χ4n) is 2.92. The Morgan fingerprint density at radius 3 is 2.50 bits per heavy atom. The van der Waals surface area contributed by atoms with Crippen molar-refractivity contribution in [1.82, 2.24) is 4.90 Å². The topological polar surface area (TPSA) is 108 Å². The molecular formula is C20H24F2N2O7S.